The highest BCUT2D eigenvalue weighted by Crippen LogP contribution is 2.21. The average Bonchev–Trinajstić information content (AvgIpc) is 2.90. The van der Waals surface area contributed by atoms with Crippen LogP contribution in [0.1, 0.15) is 22.9 Å². The van der Waals surface area contributed by atoms with Crippen LogP contribution in [0.4, 0.5) is 5.82 Å². The third-order valence-corrected chi connectivity index (χ3v) is 4.31. The third kappa shape index (κ3) is 3.33. The second kappa shape index (κ2) is 6.17. The van der Waals surface area contributed by atoms with Gasteiger partial charge in [-0.05, 0) is 42.5 Å². The van der Waals surface area contributed by atoms with Crippen molar-refractivity contribution in [3.8, 4) is 0 Å². The second-order valence-corrected chi connectivity index (χ2v) is 5.96. The molecule has 3 nitrogen and oxygen atoms in total. The van der Waals surface area contributed by atoms with Crippen molar-refractivity contribution >= 4 is 17.2 Å². The molecule has 4 heteroatoms. The first-order chi connectivity index (χ1) is 9.11. The molecular weight excluding hydrogens is 254 g/mol. The summed E-state index contributed by atoms with van der Waals surface area (Å²) in [7, 11) is 2.11. The maximum Gasteiger partial charge on any atom is 0.131 e. The number of pyridine rings is 1. The zero-order valence-corrected chi connectivity index (χ0v) is 12.6. The van der Waals surface area contributed by atoms with Crippen LogP contribution < -0.4 is 10.6 Å². The quantitative estimate of drug-likeness (QED) is 0.912. The summed E-state index contributed by atoms with van der Waals surface area (Å²) in [5, 5.41) is 2.13. The predicted octanol–water partition coefficient (Wildman–Crippen LogP) is 2.98. The van der Waals surface area contributed by atoms with Gasteiger partial charge in [0, 0.05) is 37.1 Å². The fraction of sp³-hybridized carbons (Fsp3) is 0.400. The molecule has 0 aromatic carbocycles. The molecule has 2 rings (SSSR count). The zero-order chi connectivity index (χ0) is 13.8. The highest BCUT2D eigenvalue weighted by atomic mass is 32.1. The summed E-state index contributed by atoms with van der Waals surface area (Å²) in [4.78, 5) is 8.21. The maximum absolute atomic E-state index is 5.64. The monoisotopic (exact) mass is 275 g/mol. The van der Waals surface area contributed by atoms with Crippen LogP contribution in [0.15, 0.2) is 29.8 Å². The number of nitrogens with two attached hydrogens (primary N) is 1. The van der Waals surface area contributed by atoms with Gasteiger partial charge in [0.25, 0.3) is 0 Å². The molecule has 0 saturated carbocycles. The summed E-state index contributed by atoms with van der Waals surface area (Å²) in [6, 6.07) is 6.84. The van der Waals surface area contributed by atoms with E-state index in [4.69, 9.17) is 5.73 Å². The van der Waals surface area contributed by atoms with E-state index in [9.17, 15) is 0 Å². The molecule has 0 radical (unpaired) electrons. The maximum atomic E-state index is 5.64. The topological polar surface area (TPSA) is 42.1 Å². The first-order valence-corrected chi connectivity index (χ1v) is 7.40. The van der Waals surface area contributed by atoms with E-state index in [0.717, 1.165) is 17.8 Å². The molecule has 0 saturated heterocycles. The summed E-state index contributed by atoms with van der Waals surface area (Å²) in [5.74, 6) is 1.04. The van der Waals surface area contributed by atoms with E-state index in [1.165, 1.54) is 10.4 Å². The first-order valence-electron chi connectivity index (χ1n) is 6.52. The fourth-order valence-electron chi connectivity index (χ4n) is 2.17. The van der Waals surface area contributed by atoms with Crippen LogP contribution in [0.3, 0.4) is 0 Å². The molecule has 2 N–H and O–H groups in total. The van der Waals surface area contributed by atoms with E-state index in [2.05, 4.69) is 54.4 Å². The highest BCUT2D eigenvalue weighted by Gasteiger charge is 2.14. The van der Waals surface area contributed by atoms with Gasteiger partial charge in [-0.2, -0.15) is 0 Å². The number of thiophene rings is 1. The second-order valence-electron chi connectivity index (χ2n) is 4.93. The minimum atomic E-state index is 0.425. The van der Waals surface area contributed by atoms with E-state index in [0.29, 0.717) is 12.6 Å². The Bertz CT molecular complexity index is 522. The summed E-state index contributed by atoms with van der Waals surface area (Å²) in [6.07, 6.45) is 2.92. The smallest absolute Gasteiger partial charge is 0.131 e. The van der Waals surface area contributed by atoms with Crippen LogP contribution in [0, 0.1) is 6.92 Å². The lowest BCUT2D eigenvalue weighted by molar-refractivity contribution is 0.678. The van der Waals surface area contributed by atoms with Crippen LogP contribution in [-0.4, -0.2) is 18.1 Å². The Morgan fingerprint density at radius 1 is 1.47 bits per heavy atom. The van der Waals surface area contributed by atoms with Crippen molar-refractivity contribution in [2.24, 2.45) is 5.73 Å². The lowest BCUT2D eigenvalue weighted by Crippen LogP contribution is -2.31. The van der Waals surface area contributed by atoms with Crippen LogP contribution in [0.5, 0.6) is 0 Å². The summed E-state index contributed by atoms with van der Waals surface area (Å²) in [6.45, 7) is 4.87. The van der Waals surface area contributed by atoms with Gasteiger partial charge in [0.15, 0.2) is 0 Å². The Kier molecular flexibility index (Phi) is 4.56. The molecule has 0 spiro atoms. The number of likely N-dealkylation sites (N-methyl/N-ethyl adjacent to an activating group) is 1. The zero-order valence-electron chi connectivity index (χ0n) is 11.8. The van der Waals surface area contributed by atoms with E-state index in [1.807, 2.05) is 17.5 Å². The number of anilines is 1. The summed E-state index contributed by atoms with van der Waals surface area (Å²) >= 11 is 1.81. The number of rotatable bonds is 5. The van der Waals surface area contributed by atoms with Gasteiger partial charge in [-0.3, -0.25) is 0 Å². The number of nitrogens with zero attached hydrogens (tertiary/aromatic N) is 2. The number of hydrogen-bond donors (Lipinski definition) is 1. The molecule has 1 unspecified atom stereocenters. The van der Waals surface area contributed by atoms with Crippen molar-refractivity contribution in [2.75, 3.05) is 11.9 Å². The Labute approximate surface area is 119 Å². The molecule has 0 aliphatic heterocycles. The molecule has 0 amide bonds. The van der Waals surface area contributed by atoms with E-state index < -0.39 is 0 Å². The molecule has 0 aliphatic carbocycles. The summed E-state index contributed by atoms with van der Waals surface area (Å²) < 4.78 is 0. The van der Waals surface area contributed by atoms with E-state index >= 15 is 0 Å². The lowest BCUT2D eigenvalue weighted by atomic mass is 10.1. The van der Waals surface area contributed by atoms with Gasteiger partial charge in [0.2, 0.25) is 0 Å². The molecule has 2 aromatic heterocycles. The Morgan fingerprint density at radius 3 is 2.84 bits per heavy atom. The Morgan fingerprint density at radius 2 is 2.26 bits per heavy atom. The molecular formula is C15H21N3S. The minimum Gasteiger partial charge on any atom is -0.356 e. The van der Waals surface area contributed by atoms with Gasteiger partial charge in [-0.25, -0.2) is 4.98 Å². The number of hydrogen-bond acceptors (Lipinski definition) is 4. The van der Waals surface area contributed by atoms with E-state index in [-0.39, 0.29) is 0 Å². The largest absolute Gasteiger partial charge is 0.356 e. The van der Waals surface area contributed by atoms with Gasteiger partial charge < -0.3 is 10.6 Å². The third-order valence-electron chi connectivity index (χ3n) is 3.41. The first kappa shape index (κ1) is 14.0. The molecule has 0 aliphatic rings. The van der Waals surface area contributed by atoms with Crippen molar-refractivity contribution in [1.82, 2.24) is 4.98 Å². The molecule has 0 fully saturated rings. The molecule has 0 bridgehead atoms. The van der Waals surface area contributed by atoms with Gasteiger partial charge in [0.05, 0.1) is 0 Å². The van der Waals surface area contributed by atoms with Crippen LogP contribution in [0.2, 0.25) is 0 Å². The normalized spacial score (nSPS) is 12.4. The van der Waals surface area contributed by atoms with Crippen molar-refractivity contribution in [1.29, 1.82) is 0 Å². The minimum absolute atomic E-state index is 0.425. The van der Waals surface area contributed by atoms with Crippen LogP contribution in [-0.2, 0) is 13.0 Å². The van der Waals surface area contributed by atoms with Gasteiger partial charge in [-0.15, -0.1) is 11.3 Å². The van der Waals surface area contributed by atoms with Crippen molar-refractivity contribution in [3.05, 3.63) is 45.8 Å². The molecule has 102 valence electrons. The van der Waals surface area contributed by atoms with Gasteiger partial charge in [0.1, 0.15) is 5.82 Å². The average molecular weight is 275 g/mol. The van der Waals surface area contributed by atoms with E-state index in [1.54, 1.807) is 0 Å². The standard InChI is InChI=1S/C15H21N3S/c1-11-7-13(9-16)10-17-15(11)18(3)12(2)8-14-5-4-6-19-14/h4-7,10,12H,8-9,16H2,1-3H3. The Hall–Kier alpha value is -1.39. The van der Waals surface area contributed by atoms with Gasteiger partial charge >= 0.3 is 0 Å². The van der Waals surface area contributed by atoms with Crippen molar-refractivity contribution in [2.45, 2.75) is 32.9 Å². The van der Waals surface area contributed by atoms with Crippen molar-refractivity contribution < 1.29 is 0 Å². The SMILES string of the molecule is Cc1cc(CN)cnc1N(C)C(C)Cc1cccs1. The van der Waals surface area contributed by atoms with Gasteiger partial charge in [-0.1, -0.05) is 6.07 Å². The fourth-order valence-corrected chi connectivity index (χ4v) is 3.00. The highest BCUT2D eigenvalue weighted by molar-refractivity contribution is 7.09. The Balaban J connectivity index is 2.12. The van der Waals surface area contributed by atoms with Crippen LogP contribution in [0.25, 0.3) is 0 Å². The molecule has 2 heterocycles. The molecule has 19 heavy (non-hydrogen) atoms. The number of aromatic nitrogens is 1. The molecule has 2 aromatic rings. The molecule has 1 atom stereocenters. The van der Waals surface area contributed by atoms with Crippen molar-refractivity contribution in [3.63, 3.8) is 0 Å². The predicted molar refractivity (Wildman–Crippen MR) is 82.8 cm³/mol. The lowest BCUT2D eigenvalue weighted by Gasteiger charge is -2.27. The number of aryl methyl sites for hydroxylation is 1. The summed E-state index contributed by atoms with van der Waals surface area (Å²) in [5.41, 5.74) is 7.91. The van der Waals surface area contributed by atoms with Crippen LogP contribution >= 0.6 is 11.3 Å².